The second kappa shape index (κ2) is 15.7. The molecule has 0 aromatic heterocycles. The second-order valence-corrected chi connectivity index (χ2v) is 19.3. The van der Waals surface area contributed by atoms with Crippen LogP contribution < -0.4 is 19.7 Å². The first-order valence-electron chi connectivity index (χ1n) is 22.9. The van der Waals surface area contributed by atoms with Crippen molar-refractivity contribution in [3.8, 4) is 17.2 Å². The van der Waals surface area contributed by atoms with Gasteiger partial charge in [-0.15, -0.1) is 0 Å². The molecule has 4 saturated heterocycles. The summed E-state index contributed by atoms with van der Waals surface area (Å²) in [5.41, 5.74) is 7.23. The van der Waals surface area contributed by atoms with E-state index in [-0.39, 0.29) is 52.7 Å². The molecule has 328 valence electrons. The molecule has 2 N–H and O–H groups in total. The number of likely N-dealkylation sites (tertiary alicyclic amines) is 1. The van der Waals surface area contributed by atoms with Crippen molar-refractivity contribution in [1.82, 2.24) is 15.1 Å². The molecule has 0 unspecified atom stereocenters. The highest BCUT2D eigenvalue weighted by Gasteiger charge is 2.48. The minimum absolute atomic E-state index is 0.100. The number of ether oxygens (including phenoxy) is 3. The van der Waals surface area contributed by atoms with Crippen molar-refractivity contribution in [3.63, 3.8) is 0 Å². The average Bonchev–Trinajstić information content (AvgIpc) is 3.96. The number of phenols is 1. The number of phenolic OH excluding ortho intramolecular Hbond substituents is 1. The zero-order chi connectivity index (χ0) is 43.0. The standard InChI is InChI=1S/C51H55FN4O7/c1-61-44-25-43(41(52)23-39(44)47-36(32-5-3-2-4-6-32)9-7-33-21-35(57)8-10-37(33)47)55-19-15-51(16-20-55)26-31(29-63-51)27-54-17-13-50(14-18-54)30-62-45-24-38-34(22-40(45)50)28-56(49(38)60)42-11-12-46(58)53-48(42)59/h2-6,8,10,21-25,31,36,42,47,57H,7,9,11-20,26-30H2,1H3,(H,53,58,59)/t31-,36-,42+,47+/m1/s1. The highest BCUT2D eigenvalue weighted by Crippen LogP contribution is 2.52. The number of carbonyl (C=O) groups is 3. The maximum atomic E-state index is 16.5. The Labute approximate surface area is 367 Å². The summed E-state index contributed by atoms with van der Waals surface area (Å²) in [5.74, 6) is 1.06. The van der Waals surface area contributed by atoms with Gasteiger partial charge in [0.15, 0.2) is 0 Å². The summed E-state index contributed by atoms with van der Waals surface area (Å²) in [5, 5.41) is 12.7. The first-order chi connectivity index (χ1) is 30.6. The second-order valence-electron chi connectivity index (χ2n) is 19.3. The number of rotatable bonds is 7. The fourth-order valence-corrected chi connectivity index (χ4v) is 12.4. The normalized spacial score (nSPS) is 26.1. The molecule has 12 heteroatoms. The molecule has 6 aliphatic heterocycles. The molecule has 4 aromatic rings. The summed E-state index contributed by atoms with van der Waals surface area (Å²) in [6.07, 6.45) is 6.92. The van der Waals surface area contributed by atoms with Gasteiger partial charge in [-0.1, -0.05) is 36.4 Å². The van der Waals surface area contributed by atoms with Gasteiger partial charge in [-0.3, -0.25) is 19.7 Å². The van der Waals surface area contributed by atoms with Crippen LogP contribution in [0, 0.1) is 11.7 Å². The van der Waals surface area contributed by atoms with Crippen molar-refractivity contribution in [3.05, 3.63) is 118 Å². The van der Waals surface area contributed by atoms with Crippen molar-refractivity contribution in [2.24, 2.45) is 5.92 Å². The zero-order valence-electron chi connectivity index (χ0n) is 35.9. The van der Waals surface area contributed by atoms with Crippen LogP contribution in [0.2, 0.25) is 0 Å². The summed E-state index contributed by atoms with van der Waals surface area (Å²) in [6.45, 7) is 6.01. The largest absolute Gasteiger partial charge is 0.508 e. The molecule has 3 amide bonds. The van der Waals surface area contributed by atoms with Crippen LogP contribution in [-0.2, 0) is 32.7 Å². The number of amides is 3. The van der Waals surface area contributed by atoms with Gasteiger partial charge in [-0.05, 0) is 129 Å². The van der Waals surface area contributed by atoms with Gasteiger partial charge in [0, 0.05) is 66.7 Å². The first-order valence-corrected chi connectivity index (χ1v) is 22.9. The van der Waals surface area contributed by atoms with Crippen LogP contribution in [0.3, 0.4) is 0 Å². The van der Waals surface area contributed by atoms with Crippen LogP contribution in [-0.4, -0.2) is 97.3 Å². The van der Waals surface area contributed by atoms with Gasteiger partial charge >= 0.3 is 0 Å². The minimum atomic E-state index is -0.635. The maximum absolute atomic E-state index is 16.5. The number of imide groups is 1. The van der Waals surface area contributed by atoms with E-state index in [1.165, 1.54) is 11.1 Å². The number of benzene rings is 4. The molecule has 4 atom stereocenters. The van der Waals surface area contributed by atoms with Crippen molar-refractivity contribution in [2.45, 2.75) is 93.2 Å². The third-order valence-corrected chi connectivity index (χ3v) is 15.8. The molecular formula is C51H55FN4O7. The van der Waals surface area contributed by atoms with Crippen molar-refractivity contribution in [1.29, 1.82) is 0 Å². The number of methoxy groups -OCH3 is 1. The van der Waals surface area contributed by atoms with Crippen molar-refractivity contribution in [2.75, 3.05) is 57.9 Å². The zero-order valence-corrected chi connectivity index (χ0v) is 35.9. The first kappa shape index (κ1) is 40.3. The number of halogens is 1. The molecule has 11 rings (SSSR count). The summed E-state index contributed by atoms with van der Waals surface area (Å²) in [4.78, 5) is 44.1. The van der Waals surface area contributed by atoms with Crippen LogP contribution >= 0.6 is 0 Å². The Bertz CT molecular complexity index is 2480. The molecule has 4 fully saturated rings. The highest BCUT2D eigenvalue weighted by molar-refractivity contribution is 6.05. The number of nitrogens with one attached hydrogen (secondary N) is 1. The number of nitrogens with zero attached hydrogens (tertiary/aromatic N) is 3. The summed E-state index contributed by atoms with van der Waals surface area (Å²) in [7, 11) is 1.67. The van der Waals surface area contributed by atoms with Crippen molar-refractivity contribution < 1.29 is 38.1 Å². The molecule has 7 aliphatic rings. The monoisotopic (exact) mass is 854 g/mol. The minimum Gasteiger partial charge on any atom is -0.508 e. The molecule has 0 bridgehead atoms. The number of piperidine rings is 3. The topological polar surface area (TPSA) is 121 Å². The molecule has 0 radical (unpaired) electrons. The smallest absolute Gasteiger partial charge is 0.255 e. The summed E-state index contributed by atoms with van der Waals surface area (Å²) < 4.78 is 35.5. The van der Waals surface area contributed by atoms with Gasteiger partial charge in [-0.2, -0.15) is 0 Å². The lowest BCUT2D eigenvalue weighted by molar-refractivity contribution is -0.136. The van der Waals surface area contributed by atoms with Gasteiger partial charge in [-0.25, -0.2) is 4.39 Å². The lowest BCUT2D eigenvalue weighted by Gasteiger charge is -2.41. The summed E-state index contributed by atoms with van der Waals surface area (Å²) >= 11 is 0. The third-order valence-electron chi connectivity index (χ3n) is 15.8. The van der Waals surface area contributed by atoms with E-state index in [2.05, 4.69) is 45.4 Å². The van der Waals surface area contributed by atoms with E-state index in [0.717, 1.165) is 99.2 Å². The van der Waals surface area contributed by atoms with Crippen molar-refractivity contribution >= 4 is 23.4 Å². The summed E-state index contributed by atoms with van der Waals surface area (Å²) in [6, 6.07) is 23.1. The predicted octanol–water partition coefficient (Wildman–Crippen LogP) is 6.96. The van der Waals surface area contributed by atoms with E-state index in [9.17, 15) is 19.5 Å². The fraction of sp³-hybridized carbons (Fsp3) is 0.471. The molecule has 0 saturated carbocycles. The molecule has 11 nitrogen and oxygen atoms in total. The van der Waals surface area contributed by atoms with Gasteiger partial charge < -0.3 is 34.0 Å². The maximum Gasteiger partial charge on any atom is 0.255 e. The van der Waals surface area contributed by atoms with E-state index in [1.54, 1.807) is 24.1 Å². The molecule has 63 heavy (non-hydrogen) atoms. The molecule has 6 heterocycles. The molecular weight excluding hydrogens is 800 g/mol. The quantitative estimate of drug-likeness (QED) is 0.190. The van der Waals surface area contributed by atoms with E-state index in [4.69, 9.17) is 14.2 Å². The Hall–Kier alpha value is -5.46. The molecule has 4 aromatic carbocycles. The van der Waals surface area contributed by atoms with Crippen LogP contribution in [0.4, 0.5) is 10.1 Å². The van der Waals surface area contributed by atoms with Crippen LogP contribution in [0.25, 0.3) is 0 Å². The Morgan fingerprint density at radius 2 is 1.70 bits per heavy atom. The average molecular weight is 855 g/mol. The van der Waals surface area contributed by atoms with Gasteiger partial charge in [0.05, 0.1) is 31.6 Å². The SMILES string of the molecule is COc1cc(N2CCC3(CC2)C[C@H](CN2CCC4(CC2)COc2cc5c(cc24)CN([C@H]2CCC(=O)NC2=O)C5=O)CO3)c(F)cc1[C@@H]1c2ccc(O)cc2CC[C@@H]1c1ccccc1. The number of anilines is 1. The number of hydrogen-bond donors (Lipinski definition) is 2. The van der Waals surface area contributed by atoms with E-state index in [1.807, 2.05) is 30.3 Å². The Morgan fingerprint density at radius 1 is 0.889 bits per heavy atom. The number of fused-ring (bicyclic) bond motifs is 4. The lowest BCUT2D eigenvalue weighted by Crippen LogP contribution is -2.52. The number of aryl methyl sites for hydroxylation is 1. The van der Waals surface area contributed by atoms with Gasteiger partial charge in [0.25, 0.3) is 5.91 Å². The van der Waals surface area contributed by atoms with E-state index < -0.39 is 11.9 Å². The predicted molar refractivity (Wildman–Crippen MR) is 234 cm³/mol. The fourth-order valence-electron chi connectivity index (χ4n) is 12.4. The Kier molecular flexibility index (Phi) is 10.0. The molecule has 1 aliphatic carbocycles. The van der Waals surface area contributed by atoms with Crippen LogP contribution in [0.15, 0.2) is 72.8 Å². The van der Waals surface area contributed by atoms with Crippen LogP contribution in [0.1, 0.15) is 107 Å². The van der Waals surface area contributed by atoms with Gasteiger partial charge in [0.1, 0.15) is 29.1 Å². The molecule has 2 spiro atoms. The number of carbonyl (C=O) groups excluding carboxylic acids is 3. The Morgan fingerprint density at radius 3 is 2.48 bits per heavy atom. The van der Waals surface area contributed by atoms with E-state index in [0.29, 0.717) is 55.6 Å². The number of hydrogen-bond acceptors (Lipinski definition) is 9. The van der Waals surface area contributed by atoms with Crippen LogP contribution in [0.5, 0.6) is 17.2 Å². The highest BCUT2D eigenvalue weighted by atomic mass is 19.1. The van der Waals surface area contributed by atoms with E-state index >= 15 is 4.39 Å². The lowest BCUT2D eigenvalue weighted by atomic mass is 9.69. The Balaban J connectivity index is 0.724. The van der Waals surface area contributed by atoms with Gasteiger partial charge in [0.2, 0.25) is 11.8 Å². The third kappa shape index (κ3) is 7.04. The number of aromatic hydroxyl groups is 1.